The molecule has 0 radical (unpaired) electrons. The van der Waals surface area contributed by atoms with E-state index in [0.717, 1.165) is 32.2 Å². The Bertz CT molecular complexity index is 1030. The molecule has 2 aliphatic carbocycles. The van der Waals surface area contributed by atoms with Crippen molar-refractivity contribution in [1.82, 2.24) is 14.8 Å². The Kier molecular flexibility index (Phi) is 5.17. The van der Waals surface area contributed by atoms with E-state index in [1.54, 1.807) is 18.5 Å². The van der Waals surface area contributed by atoms with Gasteiger partial charge in [-0.05, 0) is 70.2 Å². The Morgan fingerprint density at radius 3 is 2.47 bits per heavy atom. The number of hydrogen-bond acceptors (Lipinski definition) is 4. The van der Waals surface area contributed by atoms with Crippen LogP contribution in [-0.2, 0) is 5.54 Å². The van der Waals surface area contributed by atoms with Gasteiger partial charge in [0, 0.05) is 18.3 Å². The van der Waals surface area contributed by atoms with Gasteiger partial charge in [0.05, 0.1) is 29.5 Å². The van der Waals surface area contributed by atoms with E-state index in [4.69, 9.17) is 0 Å². The van der Waals surface area contributed by atoms with Gasteiger partial charge in [-0.25, -0.2) is 4.79 Å². The molecular weight excluding hydrogens is 398 g/mol. The molecule has 1 aliphatic heterocycles. The van der Waals surface area contributed by atoms with Gasteiger partial charge in [0.25, 0.3) is 0 Å². The van der Waals surface area contributed by atoms with Gasteiger partial charge >= 0.3 is 6.03 Å². The van der Waals surface area contributed by atoms with Gasteiger partial charge in [0.2, 0.25) is 0 Å². The van der Waals surface area contributed by atoms with E-state index in [1.165, 1.54) is 18.4 Å². The predicted molar refractivity (Wildman–Crippen MR) is 124 cm³/mol. The minimum absolute atomic E-state index is 0.0135. The van der Waals surface area contributed by atoms with Gasteiger partial charge in [-0.3, -0.25) is 14.8 Å². The van der Waals surface area contributed by atoms with Gasteiger partial charge in [-0.1, -0.05) is 30.3 Å². The predicted octanol–water partition coefficient (Wildman–Crippen LogP) is 4.38. The smallest absolute Gasteiger partial charge is 0.317 e. The van der Waals surface area contributed by atoms with Crippen LogP contribution in [0.4, 0.5) is 10.5 Å². The van der Waals surface area contributed by atoms with Crippen LogP contribution in [0.1, 0.15) is 49.7 Å². The number of rotatable bonds is 5. The molecule has 0 unspecified atom stereocenters. The van der Waals surface area contributed by atoms with Crippen molar-refractivity contribution in [2.24, 2.45) is 5.92 Å². The fraction of sp³-hybridized carbons (Fsp3) is 0.500. The monoisotopic (exact) mass is 429 g/mol. The summed E-state index contributed by atoms with van der Waals surface area (Å²) in [5.41, 5.74) is 2.31. The molecule has 1 aromatic heterocycles. The van der Waals surface area contributed by atoms with Crippen LogP contribution in [0.3, 0.4) is 0 Å². The summed E-state index contributed by atoms with van der Waals surface area (Å²) in [6, 6.07) is 14.8. The number of nitrogens with zero attached hydrogens (tertiary/aromatic N) is 5. The van der Waals surface area contributed by atoms with Crippen molar-refractivity contribution < 1.29 is 4.79 Å². The average Bonchev–Trinajstić information content (AvgIpc) is 3.61. The molecule has 32 heavy (non-hydrogen) atoms. The molecule has 3 aliphatic rings. The van der Waals surface area contributed by atoms with E-state index >= 15 is 0 Å². The second kappa shape index (κ2) is 7.90. The molecule has 1 aromatic carbocycles. The molecule has 5 rings (SSSR count). The number of nitriles is 1. The van der Waals surface area contributed by atoms with E-state index in [9.17, 15) is 10.1 Å². The molecule has 166 valence electrons. The van der Waals surface area contributed by atoms with E-state index in [2.05, 4.69) is 65.3 Å². The zero-order chi connectivity index (χ0) is 22.3. The highest BCUT2D eigenvalue weighted by molar-refractivity contribution is 5.96. The van der Waals surface area contributed by atoms with Crippen molar-refractivity contribution in [2.75, 3.05) is 32.1 Å². The summed E-state index contributed by atoms with van der Waals surface area (Å²) < 4.78 is 0. The maximum atomic E-state index is 13.7. The summed E-state index contributed by atoms with van der Waals surface area (Å²) >= 11 is 0. The molecule has 0 bridgehead atoms. The number of amides is 2. The number of pyridine rings is 1. The summed E-state index contributed by atoms with van der Waals surface area (Å²) in [7, 11) is 4.35. The number of hydrogen-bond donors (Lipinski definition) is 0. The van der Waals surface area contributed by atoms with Crippen LogP contribution in [-0.4, -0.2) is 53.5 Å². The molecule has 2 amide bonds. The first-order valence-corrected chi connectivity index (χ1v) is 11.7. The minimum Gasteiger partial charge on any atom is -0.317 e. The third-order valence-electron chi connectivity index (χ3n) is 8.01. The lowest BCUT2D eigenvalue weighted by atomic mass is 9.68. The Labute approximate surface area is 190 Å². The average molecular weight is 430 g/mol. The summed E-state index contributed by atoms with van der Waals surface area (Å²) in [5.74, 6) is 0.620. The molecule has 1 saturated heterocycles. The summed E-state index contributed by atoms with van der Waals surface area (Å²) in [6.45, 7) is 1.47. The molecule has 6 nitrogen and oxygen atoms in total. The van der Waals surface area contributed by atoms with Gasteiger partial charge in [-0.15, -0.1) is 0 Å². The first-order chi connectivity index (χ1) is 15.5. The lowest BCUT2D eigenvalue weighted by Gasteiger charge is -2.51. The van der Waals surface area contributed by atoms with Crippen molar-refractivity contribution in [3.63, 3.8) is 0 Å². The van der Waals surface area contributed by atoms with Crippen LogP contribution in [0.2, 0.25) is 0 Å². The normalized spacial score (nSPS) is 27.9. The number of benzene rings is 1. The van der Waals surface area contributed by atoms with Crippen molar-refractivity contribution in [3.05, 3.63) is 59.9 Å². The molecule has 0 atom stereocenters. The third-order valence-corrected chi connectivity index (χ3v) is 8.01. The maximum Gasteiger partial charge on any atom is 0.325 e. The molecule has 2 saturated carbocycles. The highest BCUT2D eigenvalue weighted by Gasteiger charge is 2.55. The molecule has 2 aromatic rings. The largest absolute Gasteiger partial charge is 0.325 e. The first kappa shape index (κ1) is 21.0. The van der Waals surface area contributed by atoms with Crippen molar-refractivity contribution in [2.45, 2.75) is 49.6 Å². The number of urea groups is 1. The summed E-state index contributed by atoms with van der Waals surface area (Å²) in [6.07, 6.45) is 9.63. The van der Waals surface area contributed by atoms with E-state index < -0.39 is 0 Å². The highest BCUT2D eigenvalue weighted by atomic mass is 16.2. The zero-order valence-electron chi connectivity index (χ0n) is 19.0. The van der Waals surface area contributed by atoms with Crippen LogP contribution in [0.25, 0.3) is 0 Å². The fourth-order valence-electron chi connectivity index (χ4n) is 5.81. The Balaban J connectivity index is 1.47. The quantitative estimate of drug-likeness (QED) is 0.708. The third kappa shape index (κ3) is 3.36. The standard InChI is InChI=1S/C26H31N5O/c1-29(2)26(22-6-4-3-5-7-22)13-11-25(12-14-26)19-30(23-17-28-15-10-21(23)16-27)24(32)31(25)18-20-8-9-20/h3-7,10,15,17,20H,8-9,11-14,18-19H2,1-2H3. The molecule has 3 fully saturated rings. The van der Waals surface area contributed by atoms with Crippen LogP contribution in [0, 0.1) is 17.2 Å². The van der Waals surface area contributed by atoms with E-state index in [0.29, 0.717) is 23.7 Å². The second-order valence-electron chi connectivity index (χ2n) is 9.94. The van der Waals surface area contributed by atoms with E-state index in [1.807, 2.05) is 4.90 Å². The number of carbonyl (C=O) groups is 1. The van der Waals surface area contributed by atoms with Crippen LogP contribution >= 0.6 is 0 Å². The molecular formula is C26H31N5O. The molecule has 0 N–H and O–H groups in total. The van der Waals surface area contributed by atoms with Crippen LogP contribution in [0.15, 0.2) is 48.8 Å². The fourth-order valence-corrected chi connectivity index (χ4v) is 5.81. The number of anilines is 1. The highest BCUT2D eigenvalue weighted by Crippen LogP contribution is 2.50. The number of aromatic nitrogens is 1. The Morgan fingerprint density at radius 1 is 1.12 bits per heavy atom. The molecule has 1 spiro atoms. The first-order valence-electron chi connectivity index (χ1n) is 11.7. The van der Waals surface area contributed by atoms with Gasteiger partial charge in [-0.2, -0.15) is 5.26 Å². The second-order valence-corrected chi connectivity index (χ2v) is 9.94. The Hall–Kier alpha value is -2.91. The summed E-state index contributed by atoms with van der Waals surface area (Å²) in [5, 5.41) is 9.61. The lowest BCUT2D eigenvalue weighted by Crippen LogP contribution is -2.55. The molecule has 6 heteroatoms. The lowest BCUT2D eigenvalue weighted by molar-refractivity contribution is 0.0249. The summed E-state index contributed by atoms with van der Waals surface area (Å²) in [4.78, 5) is 24.2. The van der Waals surface area contributed by atoms with Gasteiger partial charge < -0.3 is 4.90 Å². The van der Waals surface area contributed by atoms with Crippen molar-refractivity contribution in [1.29, 1.82) is 5.26 Å². The van der Waals surface area contributed by atoms with Crippen molar-refractivity contribution in [3.8, 4) is 6.07 Å². The zero-order valence-corrected chi connectivity index (χ0v) is 19.0. The Morgan fingerprint density at radius 2 is 1.84 bits per heavy atom. The SMILES string of the molecule is CN(C)C1(c2ccccc2)CCC2(CC1)CN(c1cnccc1C#N)C(=O)N2CC1CC1. The van der Waals surface area contributed by atoms with Crippen LogP contribution < -0.4 is 4.90 Å². The molecule has 2 heterocycles. The number of carbonyl (C=O) groups excluding carboxylic acids is 1. The van der Waals surface area contributed by atoms with Gasteiger partial charge in [0.15, 0.2) is 0 Å². The maximum absolute atomic E-state index is 13.7. The minimum atomic E-state index is -0.184. The van der Waals surface area contributed by atoms with Crippen LogP contribution in [0.5, 0.6) is 0 Å². The van der Waals surface area contributed by atoms with E-state index in [-0.39, 0.29) is 17.1 Å². The topological polar surface area (TPSA) is 63.5 Å². The van der Waals surface area contributed by atoms with Crippen molar-refractivity contribution >= 4 is 11.7 Å². The van der Waals surface area contributed by atoms with Gasteiger partial charge in [0.1, 0.15) is 6.07 Å².